The molecule has 0 saturated carbocycles. The average molecular weight is 1390 g/mol. The maximum absolute atomic E-state index is 8.32. The number of aryl methyl sites for hydroxylation is 22. The highest BCUT2D eigenvalue weighted by Crippen LogP contribution is 2.30. The fourth-order valence-corrected chi connectivity index (χ4v) is 13.7. The third-order valence-corrected chi connectivity index (χ3v) is 20.0. The first-order chi connectivity index (χ1) is 52.0. The van der Waals surface area contributed by atoms with Crippen LogP contribution in [0, 0.1) is 83.0 Å². The first kappa shape index (κ1) is 71.2. The first-order valence-corrected chi connectivity index (χ1v) is 36.9. The fourth-order valence-electron chi connectivity index (χ4n) is 13.7. The largest absolute Gasteiger partial charge is 0.212 e. The summed E-state index contributed by atoms with van der Waals surface area (Å²) in [6.45, 7) is 36.7. The van der Waals surface area contributed by atoms with E-state index in [4.69, 9.17) is 9.60 Å². The highest BCUT2D eigenvalue weighted by Gasteiger charge is 2.22. The molecular weight excluding hydrogens is 1260 g/mol. The molecule has 0 saturated heterocycles. The van der Waals surface area contributed by atoms with Crippen LogP contribution in [0.25, 0.3) is 67.5 Å². The van der Waals surface area contributed by atoms with E-state index in [1.807, 2.05) is 99.6 Å². The van der Waals surface area contributed by atoms with Crippen molar-refractivity contribution in [2.45, 2.75) is 176 Å². The molecule has 0 unspecified atom stereocenters. The zero-order valence-electron chi connectivity index (χ0n) is 74.6. The highest BCUT2D eigenvalue weighted by atomic mass is 14.9. The van der Waals surface area contributed by atoms with Crippen molar-refractivity contribution in [1.29, 1.82) is 0 Å². The van der Waals surface area contributed by atoms with E-state index in [1.165, 1.54) is 117 Å². The fraction of sp³-hybridized carbons (Fsp3) is 0.327. The van der Waals surface area contributed by atoms with Gasteiger partial charge in [0.15, 0.2) is 37.2 Å². The van der Waals surface area contributed by atoms with Crippen LogP contribution in [0.2, 0.25) is 0 Å². The summed E-state index contributed by atoms with van der Waals surface area (Å²) in [5, 5.41) is 0. The normalized spacial score (nSPS) is 12.2. The Morgan fingerprint density at radius 3 is 0.808 bits per heavy atom. The van der Waals surface area contributed by atoms with Gasteiger partial charge in [0, 0.05) is 113 Å². The molecule has 6 heteroatoms. The molecule has 6 nitrogen and oxygen atoms in total. The summed E-state index contributed by atoms with van der Waals surface area (Å²) < 4.78 is 68.2. The van der Waals surface area contributed by atoms with E-state index in [1.54, 1.807) is 27.0 Å². The second-order valence-electron chi connectivity index (χ2n) is 28.5. The summed E-state index contributed by atoms with van der Waals surface area (Å²) >= 11 is 0. The number of pyridine rings is 6. The van der Waals surface area contributed by atoms with Gasteiger partial charge in [0.1, 0.15) is 42.3 Å². The summed E-state index contributed by atoms with van der Waals surface area (Å²) in [5.41, 5.74) is 35.3. The quantitative estimate of drug-likeness (QED) is 0.109. The van der Waals surface area contributed by atoms with Crippen molar-refractivity contribution < 1.29 is 37.0 Å². The topological polar surface area (TPSA) is 23.3 Å². The van der Waals surface area contributed by atoms with Crippen LogP contribution in [-0.2, 0) is 67.9 Å². The van der Waals surface area contributed by atoms with E-state index in [9.17, 15) is 0 Å². The lowest BCUT2D eigenvalue weighted by molar-refractivity contribution is -0.661. The van der Waals surface area contributed by atoms with E-state index < -0.39 is 25.0 Å². The third-order valence-electron chi connectivity index (χ3n) is 20.0. The molecule has 6 aromatic heterocycles. The maximum atomic E-state index is 8.32. The molecule has 0 bridgehead atoms. The molecule has 0 radical (unpaired) electrons. The van der Waals surface area contributed by atoms with Crippen molar-refractivity contribution in [3.63, 3.8) is 0 Å². The maximum Gasteiger partial charge on any atom is 0.212 e. The van der Waals surface area contributed by atoms with Gasteiger partial charge in [-0.1, -0.05) is 165 Å². The van der Waals surface area contributed by atoms with Gasteiger partial charge in [-0.2, -0.15) is 0 Å². The van der Waals surface area contributed by atoms with Crippen LogP contribution < -0.4 is 27.4 Å². The Morgan fingerprint density at radius 1 is 0.269 bits per heavy atom. The van der Waals surface area contributed by atoms with Crippen molar-refractivity contribution in [2.24, 2.45) is 42.3 Å². The van der Waals surface area contributed by atoms with Crippen LogP contribution in [0.4, 0.5) is 0 Å². The van der Waals surface area contributed by atoms with Gasteiger partial charge in [0.05, 0.1) is 0 Å². The zero-order valence-corrected chi connectivity index (χ0v) is 67.6. The van der Waals surface area contributed by atoms with Gasteiger partial charge in [-0.05, 0) is 224 Å². The number of hydrogen-bond acceptors (Lipinski definition) is 0. The monoisotopic (exact) mass is 1390 g/mol. The summed E-state index contributed by atoms with van der Waals surface area (Å²) in [6.07, 6.45) is 14.3. The van der Waals surface area contributed by atoms with Gasteiger partial charge in [0.2, 0.25) is 34.2 Å². The van der Waals surface area contributed by atoms with Crippen LogP contribution in [0.1, 0.15) is 177 Å². The lowest BCUT2D eigenvalue weighted by Gasteiger charge is -2.11. The standard InChI is InChI=1S/2C17H22N.4C16H20N/c1-12(2)16-10-17(18(5)11-14(16)4)15-9-7-6-8-13(15)3;1-12(2)16-11-18(5)17(10-14(16)4)15-9-7-6-8-13(15)3;1-5-14-10-16(17(4)11-13(14)3)15-9-7-6-8-12(15)2;3*1-5-14-11-17(4)16(10-13(14)3)15-9-7-6-8-12(15)2/h2*6-12H,1-5H3;4*6-11H,5H2,1-4H3/q6*+1/i4D3,12D;12D;;5D2;;. The molecule has 104 heavy (non-hydrogen) atoms. The van der Waals surface area contributed by atoms with E-state index in [-0.39, 0.29) is 5.56 Å². The minimum atomic E-state index is -2.23. The van der Waals surface area contributed by atoms with E-state index in [0.717, 1.165) is 58.5 Å². The third kappa shape index (κ3) is 20.8. The molecule has 0 spiro atoms. The number of benzene rings is 6. The highest BCUT2D eigenvalue weighted by molar-refractivity contribution is 5.66. The van der Waals surface area contributed by atoms with Gasteiger partial charge >= 0.3 is 0 Å². The Hall–Kier alpha value is -9.78. The predicted octanol–water partition coefficient (Wildman–Crippen LogP) is 21.3. The summed E-state index contributed by atoms with van der Waals surface area (Å²) in [6, 6.07) is 63.3. The molecule has 6 heterocycles. The summed E-state index contributed by atoms with van der Waals surface area (Å²) in [5.74, 6) is -1.54. The van der Waals surface area contributed by atoms with Crippen molar-refractivity contribution in [3.05, 3.63) is 319 Å². The van der Waals surface area contributed by atoms with E-state index >= 15 is 0 Å². The van der Waals surface area contributed by atoms with Crippen molar-refractivity contribution in [3.8, 4) is 67.5 Å². The molecule has 0 fully saturated rings. The molecule has 6 aromatic carbocycles. The zero-order chi connectivity index (χ0) is 82.4. The van der Waals surface area contributed by atoms with Gasteiger partial charge in [-0.3, -0.25) is 0 Å². The molecule has 12 aromatic rings. The number of rotatable bonds is 12. The van der Waals surface area contributed by atoms with Gasteiger partial charge < -0.3 is 0 Å². The minimum absolute atomic E-state index is 0.243. The smallest absolute Gasteiger partial charge is 0.201 e. The lowest BCUT2D eigenvalue weighted by Crippen LogP contribution is -2.32. The minimum Gasteiger partial charge on any atom is -0.201 e. The Morgan fingerprint density at radius 2 is 0.519 bits per heavy atom. The Kier molecular flexibility index (Phi) is 26.1. The van der Waals surface area contributed by atoms with Crippen LogP contribution in [0.3, 0.4) is 0 Å². The number of hydrogen-bond donors (Lipinski definition) is 0. The van der Waals surface area contributed by atoms with Crippen molar-refractivity contribution in [1.82, 2.24) is 0 Å². The second-order valence-corrected chi connectivity index (χ2v) is 28.5. The first-order valence-electron chi connectivity index (χ1n) is 40.4. The Bertz CT molecular complexity index is 5010. The lowest BCUT2D eigenvalue weighted by atomic mass is 9.96. The SMILES string of the molecule is CCc1c[n+](C)c(-c2ccccc2C)cc1C.CCc1c[n+](C)c(-c2ccccc2C)cc1C.CCc1cc(-c2ccccc2C)[n+](C)cc1C.[2H]C(C)(C)c1c[n+](C)c(-c2ccccc2C)cc1C.[2H]C([2H])(C)c1c[n+](C)c(-c2ccccc2C)cc1C.[2H]C([2H])([2H])c1c[n+](C)c(-c2ccccc2C)cc1C([2H])(C)C. The van der Waals surface area contributed by atoms with E-state index in [0.29, 0.717) is 5.56 Å². The molecule has 0 aliphatic carbocycles. The summed E-state index contributed by atoms with van der Waals surface area (Å²) in [7, 11) is 12.2. The van der Waals surface area contributed by atoms with Crippen LogP contribution >= 0.6 is 0 Å². The van der Waals surface area contributed by atoms with Gasteiger partial charge in [-0.15, -0.1) is 0 Å². The molecule has 0 N–H and O–H groups in total. The molecular formula is C98H124N6+6. The van der Waals surface area contributed by atoms with Crippen LogP contribution in [0.15, 0.2) is 219 Å². The number of nitrogens with zero attached hydrogens (tertiary/aromatic N) is 6. The molecule has 540 valence electrons. The molecule has 0 atom stereocenters. The van der Waals surface area contributed by atoms with Crippen molar-refractivity contribution >= 4 is 0 Å². The van der Waals surface area contributed by atoms with Crippen molar-refractivity contribution in [2.75, 3.05) is 0 Å². The van der Waals surface area contributed by atoms with Crippen LogP contribution in [0.5, 0.6) is 0 Å². The van der Waals surface area contributed by atoms with Crippen LogP contribution in [-0.4, -0.2) is 0 Å². The second kappa shape index (κ2) is 38.1. The number of aromatic nitrogens is 6. The van der Waals surface area contributed by atoms with E-state index in [2.05, 4.69) is 294 Å². The van der Waals surface area contributed by atoms with Gasteiger partial charge in [0.25, 0.3) is 0 Å². The molecule has 0 aliphatic rings. The Labute approximate surface area is 638 Å². The molecule has 0 aliphatic heterocycles. The molecule has 12 rings (SSSR count). The predicted molar refractivity (Wildman–Crippen MR) is 441 cm³/mol. The summed E-state index contributed by atoms with van der Waals surface area (Å²) in [4.78, 5) is 0. The van der Waals surface area contributed by atoms with Gasteiger partial charge in [-0.25, -0.2) is 27.4 Å². The Balaban J connectivity index is 0.000000185. The molecule has 0 amide bonds. The average Bonchev–Trinajstić information content (AvgIpc) is 0.765.